The molecule has 1 N–H and O–H groups in total. The molecule has 1 aliphatic heterocycles. The highest BCUT2D eigenvalue weighted by Crippen LogP contribution is 2.26. The number of hydrogen-bond donors (Lipinski definition) is 1. The van der Waals surface area contributed by atoms with Crippen LogP contribution in [-0.2, 0) is 12.0 Å². The molecule has 0 aliphatic carbocycles. The molecule has 108 valence electrons. The van der Waals surface area contributed by atoms with Crippen molar-refractivity contribution in [1.82, 2.24) is 19.9 Å². The van der Waals surface area contributed by atoms with Gasteiger partial charge in [-0.1, -0.05) is 0 Å². The van der Waals surface area contributed by atoms with Crippen LogP contribution in [0.15, 0.2) is 18.3 Å². The second-order valence-corrected chi connectivity index (χ2v) is 6.78. The van der Waals surface area contributed by atoms with E-state index in [4.69, 9.17) is 4.98 Å². The van der Waals surface area contributed by atoms with Gasteiger partial charge in [0.15, 0.2) is 5.65 Å². The van der Waals surface area contributed by atoms with E-state index >= 15 is 0 Å². The zero-order valence-corrected chi connectivity index (χ0v) is 12.7. The fraction of sp³-hybridized carbons (Fsp3) is 0.625. The molecule has 0 bridgehead atoms. The van der Waals surface area contributed by atoms with Gasteiger partial charge < -0.3 is 9.88 Å². The van der Waals surface area contributed by atoms with Gasteiger partial charge in [0.25, 0.3) is 0 Å². The van der Waals surface area contributed by atoms with Crippen molar-refractivity contribution in [2.24, 2.45) is 5.92 Å². The normalized spacial score (nSPS) is 17.8. The van der Waals surface area contributed by atoms with E-state index in [-0.39, 0.29) is 5.54 Å². The largest absolute Gasteiger partial charge is 0.317 e. The second kappa shape index (κ2) is 5.17. The van der Waals surface area contributed by atoms with E-state index in [1.165, 1.54) is 18.7 Å². The number of hydrogen-bond acceptors (Lipinski definition) is 3. The smallest absolute Gasteiger partial charge is 0.160 e. The van der Waals surface area contributed by atoms with Crippen LogP contribution in [0.4, 0.5) is 0 Å². The van der Waals surface area contributed by atoms with Gasteiger partial charge in [-0.05, 0) is 64.8 Å². The molecule has 0 saturated carbocycles. The van der Waals surface area contributed by atoms with E-state index in [0.717, 1.165) is 36.6 Å². The van der Waals surface area contributed by atoms with Crippen molar-refractivity contribution in [2.75, 3.05) is 13.1 Å². The summed E-state index contributed by atoms with van der Waals surface area (Å²) in [5, 5.41) is 3.43. The van der Waals surface area contributed by atoms with Crippen LogP contribution in [0.25, 0.3) is 11.2 Å². The highest BCUT2D eigenvalue weighted by atomic mass is 15.2. The Labute approximate surface area is 120 Å². The quantitative estimate of drug-likeness (QED) is 0.914. The summed E-state index contributed by atoms with van der Waals surface area (Å²) in [4.78, 5) is 9.40. The standard InChI is InChI=1S/C16H24N4/c1-16(2,3)20-14(11-12-6-9-17-10-7-12)19-13-5-4-8-18-15(13)20/h4-5,8,12,17H,6-7,9-11H2,1-3H3. The fourth-order valence-corrected chi connectivity index (χ4v) is 3.15. The number of rotatable bonds is 2. The number of pyridine rings is 1. The molecular formula is C16H24N4. The van der Waals surface area contributed by atoms with Crippen LogP contribution < -0.4 is 5.32 Å². The summed E-state index contributed by atoms with van der Waals surface area (Å²) in [5.74, 6) is 1.94. The van der Waals surface area contributed by atoms with Crippen LogP contribution in [-0.4, -0.2) is 27.6 Å². The summed E-state index contributed by atoms with van der Waals surface area (Å²) in [7, 11) is 0. The number of fused-ring (bicyclic) bond motifs is 1. The van der Waals surface area contributed by atoms with Crippen molar-refractivity contribution >= 4 is 11.2 Å². The molecule has 0 atom stereocenters. The van der Waals surface area contributed by atoms with E-state index in [1.807, 2.05) is 12.3 Å². The molecule has 3 heterocycles. The highest BCUT2D eigenvalue weighted by Gasteiger charge is 2.24. The van der Waals surface area contributed by atoms with Crippen LogP contribution in [0.1, 0.15) is 39.4 Å². The van der Waals surface area contributed by atoms with Gasteiger partial charge in [0.2, 0.25) is 0 Å². The molecule has 0 unspecified atom stereocenters. The van der Waals surface area contributed by atoms with Crippen LogP contribution in [0.3, 0.4) is 0 Å². The van der Waals surface area contributed by atoms with Crippen molar-refractivity contribution in [3.8, 4) is 0 Å². The number of nitrogens with zero attached hydrogens (tertiary/aromatic N) is 3. The Morgan fingerprint density at radius 3 is 2.75 bits per heavy atom. The number of imidazole rings is 1. The molecule has 0 amide bonds. The van der Waals surface area contributed by atoms with Crippen LogP contribution in [0, 0.1) is 5.92 Å². The van der Waals surface area contributed by atoms with Gasteiger partial charge in [0, 0.05) is 18.2 Å². The first kappa shape index (κ1) is 13.6. The number of aromatic nitrogens is 3. The van der Waals surface area contributed by atoms with E-state index in [1.54, 1.807) is 0 Å². The van der Waals surface area contributed by atoms with Gasteiger partial charge in [-0.2, -0.15) is 0 Å². The monoisotopic (exact) mass is 272 g/mol. The van der Waals surface area contributed by atoms with Crippen LogP contribution in [0.2, 0.25) is 0 Å². The Kier molecular flexibility index (Phi) is 3.50. The zero-order chi connectivity index (χ0) is 14.2. The molecule has 4 nitrogen and oxygen atoms in total. The lowest BCUT2D eigenvalue weighted by molar-refractivity contribution is 0.340. The van der Waals surface area contributed by atoms with Gasteiger partial charge in [0.05, 0.1) is 0 Å². The first-order chi connectivity index (χ1) is 9.55. The zero-order valence-electron chi connectivity index (χ0n) is 12.7. The fourth-order valence-electron chi connectivity index (χ4n) is 3.15. The van der Waals surface area contributed by atoms with Crippen LogP contribution >= 0.6 is 0 Å². The van der Waals surface area contributed by atoms with Crippen molar-refractivity contribution in [1.29, 1.82) is 0 Å². The van der Waals surface area contributed by atoms with Crippen molar-refractivity contribution in [3.05, 3.63) is 24.2 Å². The van der Waals surface area contributed by atoms with Crippen molar-refractivity contribution in [2.45, 2.75) is 45.6 Å². The third kappa shape index (κ3) is 2.57. The summed E-state index contributed by atoms with van der Waals surface area (Å²) in [6, 6.07) is 4.03. The third-order valence-corrected chi connectivity index (χ3v) is 4.09. The van der Waals surface area contributed by atoms with E-state index in [2.05, 4.69) is 41.7 Å². The SMILES string of the molecule is CC(C)(C)n1c(CC2CCNCC2)nc2cccnc21. The van der Waals surface area contributed by atoms with Crippen molar-refractivity contribution in [3.63, 3.8) is 0 Å². The Morgan fingerprint density at radius 1 is 1.30 bits per heavy atom. The molecule has 1 saturated heterocycles. The van der Waals surface area contributed by atoms with Crippen molar-refractivity contribution < 1.29 is 0 Å². The van der Waals surface area contributed by atoms with E-state index < -0.39 is 0 Å². The molecule has 2 aromatic rings. The average Bonchev–Trinajstić information content (AvgIpc) is 2.77. The molecule has 1 fully saturated rings. The van der Waals surface area contributed by atoms with Gasteiger partial charge in [0.1, 0.15) is 11.3 Å². The van der Waals surface area contributed by atoms with E-state index in [0.29, 0.717) is 0 Å². The van der Waals surface area contributed by atoms with Gasteiger partial charge in [-0.25, -0.2) is 9.97 Å². The molecule has 20 heavy (non-hydrogen) atoms. The lowest BCUT2D eigenvalue weighted by Crippen LogP contribution is -2.31. The van der Waals surface area contributed by atoms with E-state index in [9.17, 15) is 0 Å². The summed E-state index contributed by atoms with van der Waals surface area (Å²) >= 11 is 0. The predicted octanol–water partition coefficient (Wildman–Crippen LogP) is 2.73. The molecule has 0 spiro atoms. The topological polar surface area (TPSA) is 42.7 Å². The minimum absolute atomic E-state index is 0.0192. The molecule has 4 heteroatoms. The maximum absolute atomic E-state index is 4.85. The molecule has 2 aromatic heterocycles. The Balaban J connectivity index is 2.00. The average molecular weight is 272 g/mol. The lowest BCUT2D eigenvalue weighted by Gasteiger charge is -2.27. The summed E-state index contributed by atoms with van der Waals surface area (Å²) in [6.07, 6.45) is 5.43. The first-order valence-corrected chi connectivity index (χ1v) is 7.59. The highest BCUT2D eigenvalue weighted by molar-refractivity contribution is 5.71. The Morgan fingerprint density at radius 2 is 2.05 bits per heavy atom. The number of nitrogens with one attached hydrogen (secondary N) is 1. The maximum Gasteiger partial charge on any atom is 0.160 e. The molecule has 0 aromatic carbocycles. The summed E-state index contributed by atoms with van der Waals surface area (Å²) in [5.41, 5.74) is 2.06. The van der Waals surface area contributed by atoms with Gasteiger partial charge in [-0.15, -0.1) is 0 Å². The predicted molar refractivity (Wildman–Crippen MR) is 81.8 cm³/mol. The first-order valence-electron chi connectivity index (χ1n) is 7.59. The Hall–Kier alpha value is -1.42. The molecule has 0 radical (unpaired) electrons. The minimum atomic E-state index is 0.0192. The second-order valence-electron chi connectivity index (χ2n) is 6.78. The third-order valence-electron chi connectivity index (χ3n) is 4.09. The molecule has 3 rings (SSSR count). The maximum atomic E-state index is 4.85. The number of piperidine rings is 1. The Bertz CT molecular complexity index is 588. The summed E-state index contributed by atoms with van der Waals surface area (Å²) in [6.45, 7) is 8.97. The molecular weight excluding hydrogens is 248 g/mol. The van der Waals surface area contributed by atoms with Gasteiger partial charge in [-0.3, -0.25) is 0 Å². The van der Waals surface area contributed by atoms with Crippen LogP contribution in [0.5, 0.6) is 0 Å². The minimum Gasteiger partial charge on any atom is -0.317 e. The molecule has 1 aliphatic rings. The van der Waals surface area contributed by atoms with Gasteiger partial charge >= 0.3 is 0 Å². The lowest BCUT2D eigenvalue weighted by atomic mass is 9.94. The summed E-state index contributed by atoms with van der Waals surface area (Å²) < 4.78 is 2.32.